The van der Waals surface area contributed by atoms with E-state index < -0.39 is 0 Å². The zero-order valence-electron chi connectivity index (χ0n) is 20.0. The van der Waals surface area contributed by atoms with E-state index in [4.69, 9.17) is 37.2 Å². The average Bonchev–Trinajstić information content (AvgIpc) is 3.27. The Morgan fingerprint density at radius 2 is 1.67 bits per heavy atom. The molecule has 1 aliphatic heterocycles. The van der Waals surface area contributed by atoms with E-state index in [0.29, 0.717) is 57.1 Å². The van der Waals surface area contributed by atoms with Gasteiger partial charge in [0.1, 0.15) is 17.0 Å². The van der Waals surface area contributed by atoms with Crippen LogP contribution in [-0.2, 0) is 6.42 Å². The van der Waals surface area contributed by atoms with E-state index in [1.54, 1.807) is 39.3 Å². The fourth-order valence-corrected chi connectivity index (χ4v) is 5.40. The van der Waals surface area contributed by atoms with Crippen LogP contribution in [-0.4, -0.2) is 36.7 Å². The Hall–Kier alpha value is -3.48. The van der Waals surface area contributed by atoms with Gasteiger partial charge in [-0.05, 0) is 54.3 Å². The molecule has 5 rings (SSSR count). The standard InChI is InChI=1S/C28H24Cl2N2O4/c1-16-24(26(31-36-16)25-20(29)10-7-11-21(25)30)28(33)32-13-12-18-14-22(34-2)23(35-3)15-19(18)27(32)17-8-5-4-6-9-17/h4-11,14-15,27H,12-13H2,1-3H3/t27-/m1/s1. The number of methoxy groups -OCH3 is 2. The van der Waals surface area contributed by atoms with Crippen molar-refractivity contribution in [2.24, 2.45) is 0 Å². The predicted octanol–water partition coefficient (Wildman–Crippen LogP) is 6.76. The van der Waals surface area contributed by atoms with Crippen LogP contribution in [0.25, 0.3) is 11.3 Å². The van der Waals surface area contributed by atoms with E-state index in [9.17, 15) is 4.79 Å². The number of amides is 1. The molecule has 36 heavy (non-hydrogen) atoms. The van der Waals surface area contributed by atoms with E-state index in [1.165, 1.54) is 0 Å². The molecule has 0 saturated carbocycles. The van der Waals surface area contributed by atoms with E-state index in [2.05, 4.69) is 5.16 Å². The molecule has 1 atom stereocenters. The minimum atomic E-state index is -0.355. The second kappa shape index (κ2) is 9.88. The molecule has 0 bridgehead atoms. The second-order valence-electron chi connectivity index (χ2n) is 8.53. The largest absolute Gasteiger partial charge is 0.493 e. The number of carbonyl (C=O) groups excluding carboxylic acids is 1. The number of nitrogens with zero attached hydrogens (tertiary/aromatic N) is 2. The van der Waals surface area contributed by atoms with Crippen LogP contribution in [0.1, 0.15) is 38.9 Å². The van der Waals surface area contributed by atoms with E-state index in [-0.39, 0.29) is 11.9 Å². The van der Waals surface area contributed by atoms with Crippen LogP contribution in [0, 0.1) is 6.92 Å². The normalized spacial score (nSPS) is 14.9. The van der Waals surface area contributed by atoms with Crippen LogP contribution in [0.4, 0.5) is 0 Å². The molecule has 0 saturated heterocycles. The van der Waals surface area contributed by atoms with Gasteiger partial charge in [-0.2, -0.15) is 0 Å². The van der Waals surface area contributed by atoms with Crippen molar-refractivity contribution in [2.45, 2.75) is 19.4 Å². The van der Waals surface area contributed by atoms with Gasteiger partial charge in [-0.1, -0.05) is 64.8 Å². The van der Waals surface area contributed by atoms with Gasteiger partial charge in [-0.3, -0.25) is 4.79 Å². The van der Waals surface area contributed by atoms with Crippen molar-refractivity contribution < 1.29 is 18.8 Å². The van der Waals surface area contributed by atoms with E-state index in [1.807, 2.05) is 47.4 Å². The van der Waals surface area contributed by atoms with Crippen molar-refractivity contribution in [3.8, 4) is 22.8 Å². The summed E-state index contributed by atoms with van der Waals surface area (Å²) >= 11 is 12.9. The topological polar surface area (TPSA) is 64.8 Å². The Balaban J connectivity index is 1.66. The summed E-state index contributed by atoms with van der Waals surface area (Å²) in [6, 6.07) is 18.7. The van der Waals surface area contributed by atoms with Gasteiger partial charge in [0, 0.05) is 12.1 Å². The highest BCUT2D eigenvalue weighted by molar-refractivity contribution is 6.39. The lowest BCUT2D eigenvalue weighted by molar-refractivity contribution is 0.0693. The molecule has 0 fully saturated rings. The van der Waals surface area contributed by atoms with Gasteiger partial charge in [-0.15, -0.1) is 0 Å². The number of aromatic nitrogens is 1. The highest BCUT2D eigenvalue weighted by Crippen LogP contribution is 2.43. The van der Waals surface area contributed by atoms with Crippen molar-refractivity contribution in [1.82, 2.24) is 10.1 Å². The fraction of sp³-hybridized carbons (Fsp3) is 0.214. The summed E-state index contributed by atoms with van der Waals surface area (Å²) in [4.78, 5) is 16.1. The van der Waals surface area contributed by atoms with E-state index in [0.717, 1.165) is 16.7 Å². The maximum Gasteiger partial charge on any atom is 0.260 e. The molecule has 0 radical (unpaired) electrons. The summed E-state index contributed by atoms with van der Waals surface area (Å²) in [5, 5.41) is 4.98. The third kappa shape index (κ3) is 4.10. The summed E-state index contributed by atoms with van der Waals surface area (Å²) in [6.07, 6.45) is 0.650. The van der Waals surface area contributed by atoms with Crippen LogP contribution in [0.15, 0.2) is 65.2 Å². The maximum absolute atomic E-state index is 14.3. The van der Waals surface area contributed by atoms with Crippen molar-refractivity contribution in [3.05, 3.63) is 98.7 Å². The SMILES string of the molecule is COc1cc2c(cc1OC)[C@@H](c1ccccc1)N(C(=O)c1c(-c3c(Cl)cccc3Cl)noc1C)CC2. The molecule has 0 N–H and O–H groups in total. The quantitative estimate of drug-likeness (QED) is 0.289. The number of benzene rings is 3. The monoisotopic (exact) mass is 522 g/mol. The lowest BCUT2D eigenvalue weighted by Crippen LogP contribution is -2.41. The summed E-state index contributed by atoms with van der Waals surface area (Å²) in [5.41, 5.74) is 4.20. The van der Waals surface area contributed by atoms with Crippen molar-refractivity contribution >= 4 is 29.1 Å². The van der Waals surface area contributed by atoms with E-state index >= 15 is 0 Å². The molecule has 6 nitrogen and oxygen atoms in total. The Morgan fingerprint density at radius 3 is 2.33 bits per heavy atom. The number of ether oxygens (including phenoxy) is 2. The van der Waals surface area contributed by atoms with Gasteiger partial charge in [0.15, 0.2) is 11.5 Å². The lowest BCUT2D eigenvalue weighted by atomic mass is 9.87. The molecule has 1 aromatic heterocycles. The fourth-order valence-electron chi connectivity index (χ4n) is 4.82. The molecule has 184 valence electrons. The first-order valence-electron chi connectivity index (χ1n) is 11.5. The van der Waals surface area contributed by atoms with Gasteiger partial charge in [0.05, 0.1) is 30.3 Å². The molecule has 3 aromatic carbocycles. The minimum absolute atomic E-state index is 0.214. The van der Waals surface area contributed by atoms with Crippen molar-refractivity contribution in [3.63, 3.8) is 0 Å². The Kier molecular flexibility index (Phi) is 6.65. The van der Waals surface area contributed by atoms with Crippen LogP contribution < -0.4 is 9.47 Å². The molecule has 1 amide bonds. The Morgan fingerprint density at radius 1 is 1.00 bits per heavy atom. The van der Waals surface area contributed by atoms with Crippen LogP contribution in [0.3, 0.4) is 0 Å². The van der Waals surface area contributed by atoms with Gasteiger partial charge in [-0.25, -0.2) is 0 Å². The maximum atomic E-state index is 14.3. The number of carbonyl (C=O) groups is 1. The first kappa shape index (κ1) is 24.2. The number of aryl methyl sites for hydroxylation is 1. The Bertz CT molecular complexity index is 1410. The molecule has 0 aliphatic carbocycles. The van der Waals surface area contributed by atoms with Crippen LogP contribution >= 0.6 is 23.2 Å². The zero-order chi connectivity index (χ0) is 25.4. The highest BCUT2D eigenvalue weighted by Gasteiger charge is 2.37. The molecule has 1 aliphatic rings. The number of rotatable bonds is 5. The smallest absolute Gasteiger partial charge is 0.260 e. The molecule has 4 aromatic rings. The third-order valence-electron chi connectivity index (χ3n) is 6.53. The van der Waals surface area contributed by atoms with Gasteiger partial charge in [0.25, 0.3) is 5.91 Å². The lowest BCUT2D eigenvalue weighted by Gasteiger charge is -2.38. The predicted molar refractivity (Wildman–Crippen MR) is 139 cm³/mol. The summed E-state index contributed by atoms with van der Waals surface area (Å²) < 4.78 is 16.6. The minimum Gasteiger partial charge on any atom is -0.493 e. The van der Waals surface area contributed by atoms with Crippen molar-refractivity contribution in [1.29, 1.82) is 0 Å². The molecule has 0 spiro atoms. The van der Waals surface area contributed by atoms with Gasteiger partial charge < -0.3 is 18.9 Å². The molecule has 2 heterocycles. The second-order valence-corrected chi connectivity index (χ2v) is 9.34. The first-order valence-corrected chi connectivity index (χ1v) is 12.2. The average molecular weight is 523 g/mol. The summed E-state index contributed by atoms with van der Waals surface area (Å²) in [7, 11) is 3.22. The zero-order valence-corrected chi connectivity index (χ0v) is 21.6. The molecular weight excluding hydrogens is 499 g/mol. The number of fused-ring (bicyclic) bond motifs is 1. The number of hydrogen-bond donors (Lipinski definition) is 0. The molecular formula is C28H24Cl2N2O4. The summed E-state index contributed by atoms with van der Waals surface area (Å²) in [6.45, 7) is 2.21. The van der Waals surface area contributed by atoms with Gasteiger partial charge in [0.2, 0.25) is 0 Å². The molecule has 0 unspecified atom stereocenters. The molecule has 8 heteroatoms. The number of hydrogen-bond acceptors (Lipinski definition) is 5. The first-order chi connectivity index (χ1) is 17.4. The summed E-state index contributed by atoms with van der Waals surface area (Å²) in [5.74, 6) is 1.45. The van der Waals surface area contributed by atoms with Crippen molar-refractivity contribution in [2.75, 3.05) is 20.8 Å². The Labute approximate surface area is 219 Å². The van der Waals surface area contributed by atoms with Crippen LogP contribution in [0.2, 0.25) is 10.0 Å². The van der Waals surface area contributed by atoms with Gasteiger partial charge >= 0.3 is 0 Å². The third-order valence-corrected chi connectivity index (χ3v) is 7.16. The van der Waals surface area contributed by atoms with Crippen LogP contribution in [0.5, 0.6) is 11.5 Å². The highest BCUT2D eigenvalue weighted by atomic mass is 35.5. The number of halogens is 2.